The number of carbonyl (C=O) groups is 2. The SMILES string of the molecule is Nc1ncccc1-c1nc2ccc(-c3ccccc3)cc2n1-c1ccc(NC(=O)[C@H]2CC[C@H](C(=O)O)CC2)cc1. The molecule has 8 heteroatoms. The lowest BCUT2D eigenvalue weighted by Gasteiger charge is -2.25. The zero-order chi connectivity index (χ0) is 27.6. The summed E-state index contributed by atoms with van der Waals surface area (Å²) >= 11 is 0. The second-order valence-corrected chi connectivity index (χ2v) is 10.2. The molecule has 0 spiro atoms. The van der Waals surface area contributed by atoms with Gasteiger partial charge in [0, 0.05) is 23.5 Å². The minimum absolute atomic E-state index is 0.0685. The van der Waals surface area contributed by atoms with Gasteiger partial charge in [-0.15, -0.1) is 0 Å². The van der Waals surface area contributed by atoms with Crippen LogP contribution in [0.2, 0.25) is 0 Å². The molecule has 0 atom stereocenters. The average Bonchev–Trinajstić information content (AvgIpc) is 3.37. The van der Waals surface area contributed by atoms with Crippen LogP contribution in [-0.2, 0) is 9.59 Å². The molecule has 1 aliphatic carbocycles. The Kier molecular flexibility index (Phi) is 6.74. The quantitative estimate of drug-likeness (QED) is 0.241. The van der Waals surface area contributed by atoms with E-state index in [0.29, 0.717) is 43.0 Å². The number of hydrogen-bond donors (Lipinski definition) is 3. The van der Waals surface area contributed by atoms with Crippen LogP contribution in [0.4, 0.5) is 11.5 Å². The number of anilines is 2. The van der Waals surface area contributed by atoms with Gasteiger partial charge in [-0.2, -0.15) is 0 Å². The predicted molar refractivity (Wildman–Crippen MR) is 156 cm³/mol. The molecule has 0 bridgehead atoms. The first-order valence-electron chi connectivity index (χ1n) is 13.4. The first-order valence-corrected chi connectivity index (χ1v) is 13.4. The topological polar surface area (TPSA) is 123 Å². The first-order chi connectivity index (χ1) is 19.5. The van der Waals surface area contributed by atoms with E-state index in [-0.39, 0.29) is 17.7 Å². The summed E-state index contributed by atoms with van der Waals surface area (Å²) in [5, 5.41) is 12.2. The van der Waals surface area contributed by atoms with Gasteiger partial charge in [0.15, 0.2) is 0 Å². The molecule has 8 nitrogen and oxygen atoms in total. The third-order valence-electron chi connectivity index (χ3n) is 7.68. The number of amides is 1. The molecule has 1 saturated carbocycles. The number of benzene rings is 3. The Morgan fingerprint density at radius 2 is 1.57 bits per heavy atom. The highest BCUT2D eigenvalue weighted by atomic mass is 16.4. The zero-order valence-corrected chi connectivity index (χ0v) is 21.8. The van der Waals surface area contributed by atoms with Crippen molar-refractivity contribution in [3.63, 3.8) is 0 Å². The van der Waals surface area contributed by atoms with E-state index in [1.807, 2.05) is 60.7 Å². The van der Waals surface area contributed by atoms with Gasteiger partial charge in [0.1, 0.15) is 11.6 Å². The van der Waals surface area contributed by atoms with Crippen LogP contribution in [0.15, 0.2) is 91.1 Å². The van der Waals surface area contributed by atoms with Gasteiger partial charge in [-0.05, 0) is 85.3 Å². The van der Waals surface area contributed by atoms with Crippen molar-refractivity contribution in [3.05, 3.63) is 91.1 Å². The van der Waals surface area contributed by atoms with Gasteiger partial charge in [0.2, 0.25) is 5.91 Å². The molecule has 0 radical (unpaired) electrons. The standard InChI is InChI=1S/C32H29N5O3/c33-29-26(7-4-18-34-29)30-36-27-17-12-23(20-5-2-1-3-6-20)19-28(27)37(30)25-15-13-24(14-16-25)35-31(38)21-8-10-22(11-9-21)32(39)40/h1-7,12-19,21-22H,8-11H2,(H2,33,34)(H,35,38)(H,39,40)/t21-,22-. The number of hydrogen-bond acceptors (Lipinski definition) is 5. The van der Waals surface area contributed by atoms with E-state index < -0.39 is 5.97 Å². The molecule has 4 N–H and O–H groups in total. The van der Waals surface area contributed by atoms with Crippen molar-refractivity contribution < 1.29 is 14.7 Å². The minimum Gasteiger partial charge on any atom is -0.481 e. The van der Waals surface area contributed by atoms with Crippen LogP contribution in [0.5, 0.6) is 0 Å². The van der Waals surface area contributed by atoms with E-state index in [9.17, 15) is 14.7 Å². The van der Waals surface area contributed by atoms with Crippen molar-refractivity contribution in [3.8, 4) is 28.2 Å². The number of imidazole rings is 1. The summed E-state index contributed by atoms with van der Waals surface area (Å²) in [5.74, 6) is -0.296. The first kappa shape index (κ1) is 25.3. The molecular formula is C32H29N5O3. The van der Waals surface area contributed by atoms with E-state index in [4.69, 9.17) is 10.7 Å². The number of carboxylic acids is 1. The zero-order valence-electron chi connectivity index (χ0n) is 21.8. The van der Waals surface area contributed by atoms with E-state index >= 15 is 0 Å². The van der Waals surface area contributed by atoms with Crippen molar-refractivity contribution in [1.82, 2.24) is 14.5 Å². The van der Waals surface area contributed by atoms with Crippen LogP contribution >= 0.6 is 0 Å². The number of fused-ring (bicyclic) bond motifs is 1. The van der Waals surface area contributed by atoms with Crippen LogP contribution in [0, 0.1) is 11.8 Å². The van der Waals surface area contributed by atoms with E-state index in [0.717, 1.165) is 33.4 Å². The van der Waals surface area contributed by atoms with Gasteiger partial charge in [-0.25, -0.2) is 9.97 Å². The minimum atomic E-state index is -0.773. The van der Waals surface area contributed by atoms with Crippen LogP contribution in [0.25, 0.3) is 39.2 Å². The van der Waals surface area contributed by atoms with Crippen molar-refractivity contribution in [1.29, 1.82) is 0 Å². The smallest absolute Gasteiger partial charge is 0.306 e. The molecule has 6 rings (SSSR count). The van der Waals surface area contributed by atoms with Crippen LogP contribution in [0.3, 0.4) is 0 Å². The number of carboxylic acid groups (broad SMARTS) is 1. The molecule has 1 fully saturated rings. The predicted octanol–water partition coefficient (Wildman–Crippen LogP) is 6.17. The molecule has 1 aliphatic rings. The van der Waals surface area contributed by atoms with Gasteiger partial charge in [-0.3, -0.25) is 14.2 Å². The number of nitrogens with one attached hydrogen (secondary N) is 1. The van der Waals surface area contributed by atoms with E-state index in [1.165, 1.54) is 0 Å². The second kappa shape index (κ2) is 10.6. The van der Waals surface area contributed by atoms with Crippen LogP contribution in [-0.4, -0.2) is 31.5 Å². The molecule has 0 unspecified atom stereocenters. The molecule has 2 aromatic heterocycles. The third-order valence-corrected chi connectivity index (χ3v) is 7.68. The van der Waals surface area contributed by atoms with Crippen molar-refractivity contribution >= 4 is 34.4 Å². The second-order valence-electron chi connectivity index (χ2n) is 10.2. The van der Waals surface area contributed by atoms with Crippen LogP contribution in [0.1, 0.15) is 25.7 Å². The molecule has 0 aliphatic heterocycles. The molecule has 40 heavy (non-hydrogen) atoms. The number of rotatable bonds is 6. The van der Waals surface area contributed by atoms with Crippen LogP contribution < -0.4 is 11.1 Å². The Labute approximate surface area is 231 Å². The van der Waals surface area contributed by atoms with Gasteiger partial charge in [-0.1, -0.05) is 36.4 Å². The maximum Gasteiger partial charge on any atom is 0.306 e. The van der Waals surface area contributed by atoms with E-state index in [2.05, 4.69) is 39.1 Å². The lowest BCUT2D eigenvalue weighted by molar-refractivity contribution is -0.143. The fraction of sp³-hybridized carbons (Fsp3) is 0.188. The third kappa shape index (κ3) is 4.91. The fourth-order valence-corrected chi connectivity index (χ4v) is 5.47. The summed E-state index contributed by atoms with van der Waals surface area (Å²) in [6, 6.07) is 27.8. The molecule has 0 saturated heterocycles. The van der Waals surface area contributed by atoms with Gasteiger partial charge < -0.3 is 16.2 Å². The Morgan fingerprint density at radius 1 is 0.850 bits per heavy atom. The summed E-state index contributed by atoms with van der Waals surface area (Å²) in [6.45, 7) is 0. The highest BCUT2D eigenvalue weighted by Crippen LogP contribution is 2.34. The summed E-state index contributed by atoms with van der Waals surface area (Å²) < 4.78 is 2.06. The van der Waals surface area contributed by atoms with Crippen molar-refractivity contribution in [2.45, 2.75) is 25.7 Å². The number of nitrogen functional groups attached to an aromatic ring is 1. The number of aliphatic carboxylic acids is 1. The normalized spacial score (nSPS) is 17.0. The lowest BCUT2D eigenvalue weighted by Crippen LogP contribution is -2.29. The molecule has 1 amide bonds. The number of pyridine rings is 1. The summed E-state index contributed by atoms with van der Waals surface area (Å²) in [4.78, 5) is 33.3. The largest absolute Gasteiger partial charge is 0.481 e. The summed E-state index contributed by atoms with van der Waals surface area (Å²) in [7, 11) is 0. The molecule has 200 valence electrons. The highest BCUT2D eigenvalue weighted by molar-refractivity contribution is 5.93. The Bertz CT molecular complexity index is 1690. The maximum atomic E-state index is 12.9. The summed E-state index contributed by atoms with van der Waals surface area (Å²) in [5.41, 5.74) is 12.5. The Hall–Kier alpha value is -4.98. The molecule has 2 heterocycles. The van der Waals surface area contributed by atoms with Gasteiger partial charge in [0.05, 0.1) is 22.5 Å². The maximum absolute atomic E-state index is 12.9. The number of nitrogens with two attached hydrogens (primary N) is 1. The monoisotopic (exact) mass is 531 g/mol. The highest BCUT2D eigenvalue weighted by Gasteiger charge is 2.29. The summed E-state index contributed by atoms with van der Waals surface area (Å²) in [6.07, 6.45) is 3.89. The molecule has 3 aromatic carbocycles. The molecule has 5 aromatic rings. The van der Waals surface area contributed by atoms with Crippen molar-refractivity contribution in [2.24, 2.45) is 11.8 Å². The number of aromatic nitrogens is 3. The molecular weight excluding hydrogens is 502 g/mol. The Morgan fingerprint density at radius 3 is 2.27 bits per heavy atom. The van der Waals surface area contributed by atoms with Gasteiger partial charge in [0.25, 0.3) is 0 Å². The lowest BCUT2D eigenvalue weighted by atomic mass is 9.81. The average molecular weight is 532 g/mol. The van der Waals surface area contributed by atoms with Gasteiger partial charge >= 0.3 is 5.97 Å². The van der Waals surface area contributed by atoms with Crippen molar-refractivity contribution in [2.75, 3.05) is 11.1 Å². The Balaban J connectivity index is 1.34. The fourth-order valence-electron chi connectivity index (χ4n) is 5.47. The van der Waals surface area contributed by atoms with E-state index in [1.54, 1.807) is 6.20 Å². The number of nitrogens with zero attached hydrogens (tertiary/aromatic N) is 3. The number of carbonyl (C=O) groups excluding carboxylic acids is 1.